The third-order valence-electron chi connectivity index (χ3n) is 3.76. The number of nitrogens with one attached hydrogen (secondary N) is 1. The summed E-state index contributed by atoms with van der Waals surface area (Å²) in [5.41, 5.74) is 0.427. The highest BCUT2D eigenvalue weighted by Gasteiger charge is 2.46. The molecule has 1 saturated heterocycles. The molecule has 126 valence electrons. The summed E-state index contributed by atoms with van der Waals surface area (Å²) in [5, 5.41) is 21.4. The molecule has 1 aliphatic rings. The van der Waals surface area contributed by atoms with Gasteiger partial charge in [0.05, 0.1) is 19.6 Å². The topological polar surface area (TPSA) is 105 Å². The van der Waals surface area contributed by atoms with Gasteiger partial charge in [-0.05, 0) is 25.5 Å². The van der Waals surface area contributed by atoms with Gasteiger partial charge >= 0.3 is 11.9 Å². The standard InChI is InChI=1S/C15H19NO6S/c1-15(2)11(14(19)20)16-12(23-15)7-5-6-8(21-3)10(22-4)9(7)13(17)18/h5-6,11-12,16H,1-4H3,(H,17,18)(H,19,20)/t11-,12?/m0/s1. The number of thioether (sulfide) groups is 1. The average molecular weight is 341 g/mol. The van der Waals surface area contributed by atoms with E-state index in [0.717, 1.165) is 0 Å². The molecular weight excluding hydrogens is 322 g/mol. The van der Waals surface area contributed by atoms with Crippen LogP contribution in [0.4, 0.5) is 0 Å². The Balaban J connectivity index is 2.53. The SMILES string of the molecule is COc1ccc(C2N[C@@H](C(=O)O)C(C)(C)S2)c(C(=O)O)c1OC. The number of aliphatic carboxylic acids is 1. The molecule has 0 saturated carbocycles. The minimum atomic E-state index is -1.16. The van der Waals surface area contributed by atoms with Gasteiger partial charge in [-0.3, -0.25) is 10.1 Å². The molecule has 7 nitrogen and oxygen atoms in total. The lowest BCUT2D eigenvalue weighted by Gasteiger charge is -2.21. The van der Waals surface area contributed by atoms with Crippen LogP contribution in [-0.4, -0.2) is 47.2 Å². The third kappa shape index (κ3) is 3.09. The monoisotopic (exact) mass is 341 g/mol. The average Bonchev–Trinajstić information content (AvgIpc) is 2.80. The maximum Gasteiger partial charge on any atom is 0.340 e. The largest absolute Gasteiger partial charge is 0.493 e. The van der Waals surface area contributed by atoms with E-state index < -0.39 is 28.1 Å². The number of benzene rings is 1. The van der Waals surface area contributed by atoms with Crippen LogP contribution in [0.1, 0.15) is 35.1 Å². The first kappa shape index (κ1) is 17.4. The summed E-state index contributed by atoms with van der Waals surface area (Å²) in [4.78, 5) is 23.1. The number of hydrogen-bond acceptors (Lipinski definition) is 6. The summed E-state index contributed by atoms with van der Waals surface area (Å²) < 4.78 is 9.75. The molecule has 1 aliphatic heterocycles. The Labute approximate surface area is 138 Å². The van der Waals surface area contributed by atoms with Crippen molar-refractivity contribution in [3.05, 3.63) is 23.3 Å². The van der Waals surface area contributed by atoms with E-state index in [2.05, 4.69) is 5.32 Å². The van der Waals surface area contributed by atoms with Gasteiger partial charge in [0.25, 0.3) is 0 Å². The van der Waals surface area contributed by atoms with Gasteiger partial charge in [-0.1, -0.05) is 6.07 Å². The number of hydrogen-bond donors (Lipinski definition) is 3. The molecule has 0 aromatic heterocycles. The molecule has 1 aromatic rings. The maximum absolute atomic E-state index is 11.7. The number of rotatable bonds is 5. The van der Waals surface area contributed by atoms with Gasteiger partial charge in [0.2, 0.25) is 0 Å². The van der Waals surface area contributed by atoms with Crippen LogP contribution >= 0.6 is 11.8 Å². The molecule has 8 heteroatoms. The van der Waals surface area contributed by atoms with Crippen molar-refractivity contribution in [2.45, 2.75) is 30.0 Å². The highest BCUT2D eigenvalue weighted by atomic mass is 32.2. The van der Waals surface area contributed by atoms with Crippen molar-refractivity contribution in [2.75, 3.05) is 14.2 Å². The summed E-state index contributed by atoms with van der Waals surface area (Å²) in [6.07, 6.45) is 0. The van der Waals surface area contributed by atoms with E-state index in [0.29, 0.717) is 11.3 Å². The highest BCUT2D eigenvalue weighted by molar-refractivity contribution is 8.01. The van der Waals surface area contributed by atoms with Crippen molar-refractivity contribution < 1.29 is 29.3 Å². The molecular formula is C15H19NO6S. The Morgan fingerprint density at radius 1 is 1.22 bits per heavy atom. The number of carboxylic acid groups (broad SMARTS) is 2. The molecule has 0 spiro atoms. The van der Waals surface area contributed by atoms with Gasteiger partial charge in [-0.25, -0.2) is 4.79 Å². The van der Waals surface area contributed by atoms with Gasteiger partial charge in [0.1, 0.15) is 11.6 Å². The molecule has 1 heterocycles. The molecule has 0 aliphatic carbocycles. The first-order valence-corrected chi connectivity index (χ1v) is 7.75. The number of ether oxygens (including phenoxy) is 2. The summed E-state index contributed by atoms with van der Waals surface area (Å²) >= 11 is 1.37. The van der Waals surface area contributed by atoms with Crippen LogP contribution < -0.4 is 14.8 Å². The van der Waals surface area contributed by atoms with Crippen LogP contribution in [0.5, 0.6) is 11.5 Å². The van der Waals surface area contributed by atoms with Crippen LogP contribution in [0.2, 0.25) is 0 Å². The van der Waals surface area contributed by atoms with E-state index in [-0.39, 0.29) is 11.3 Å². The maximum atomic E-state index is 11.7. The first-order valence-electron chi connectivity index (χ1n) is 6.87. The smallest absolute Gasteiger partial charge is 0.340 e. The summed E-state index contributed by atoms with van der Waals surface area (Å²) in [7, 11) is 2.79. The van der Waals surface area contributed by atoms with Gasteiger partial charge in [0, 0.05) is 4.75 Å². The Kier molecular flexibility index (Phi) is 4.76. The van der Waals surface area contributed by atoms with Crippen molar-refractivity contribution in [2.24, 2.45) is 0 Å². The molecule has 23 heavy (non-hydrogen) atoms. The van der Waals surface area contributed by atoms with E-state index in [1.165, 1.54) is 26.0 Å². The fraction of sp³-hybridized carbons (Fsp3) is 0.467. The van der Waals surface area contributed by atoms with Crippen LogP contribution in [0.25, 0.3) is 0 Å². The van der Waals surface area contributed by atoms with Gasteiger partial charge in [0.15, 0.2) is 11.5 Å². The number of methoxy groups -OCH3 is 2. The highest BCUT2D eigenvalue weighted by Crippen LogP contribution is 2.48. The van der Waals surface area contributed by atoms with E-state index >= 15 is 0 Å². The normalized spacial score (nSPS) is 22.6. The lowest BCUT2D eigenvalue weighted by Crippen LogP contribution is -2.43. The van der Waals surface area contributed by atoms with Crippen molar-refractivity contribution >= 4 is 23.7 Å². The fourth-order valence-corrected chi connectivity index (χ4v) is 4.10. The lowest BCUT2D eigenvalue weighted by molar-refractivity contribution is -0.139. The lowest BCUT2D eigenvalue weighted by atomic mass is 10.0. The second-order valence-corrected chi connectivity index (χ2v) is 7.37. The van der Waals surface area contributed by atoms with Crippen LogP contribution in [0, 0.1) is 0 Å². The van der Waals surface area contributed by atoms with Gasteiger partial charge in [-0.2, -0.15) is 0 Å². The predicted octanol–water partition coefficient (Wildman–Crippen LogP) is 1.97. The van der Waals surface area contributed by atoms with Crippen molar-refractivity contribution in [1.82, 2.24) is 5.32 Å². The zero-order chi connectivity index (χ0) is 17.4. The molecule has 2 atom stereocenters. The van der Waals surface area contributed by atoms with E-state index in [1.807, 2.05) is 13.8 Å². The molecule has 0 radical (unpaired) electrons. The van der Waals surface area contributed by atoms with E-state index in [9.17, 15) is 19.8 Å². The minimum absolute atomic E-state index is 0.0290. The Morgan fingerprint density at radius 3 is 2.30 bits per heavy atom. The Hall–Kier alpha value is -1.93. The van der Waals surface area contributed by atoms with E-state index in [4.69, 9.17) is 9.47 Å². The van der Waals surface area contributed by atoms with E-state index in [1.54, 1.807) is 12.1 Å². The van der Waals surface area contributed by atoms with Gasteiger partial charge < -0.3 is 19.7 Å². The van der Waals surface area contributed by atoms with Crippen molar-refractivity contribution in [1.29, 1.82) is 0 Å². The van der Waals surface area contributed by atoms with Crippen LogP contribution in [0.15, 0.2) is 12.1 Å². The summed E-state index contributed by atoms with van der Waals surface area (Å²) in [6.45, 7) is 3.62. The zero-order valence-electron chi connectivity index (χ0n) is 13.2. The molecule has 0 amide bonds. The van der Waals surface area contributed by atoms with Crippen molar-refractivity contribution in [3.63, 3.8) is 0 Å². The zero-order valence-corrected chi connectivity index (χ0v) is 14.1. The molecule has 1 aromatic carbocycles. The molecule has 1 fully saturated rings. The third-order valence-corrected chi connectivity index (χ3v) is 5.22. The number of carboxylic acids is 2. The second-order valence-electron chi connectivity index (χ2n) is 5.61. The molecule has 3 N–H and O–H groups in total. The molecule has 0 bridgehead atoms. The molecule has 2 rings (SSSR count). The predicted molar refractivity (Wildman–Crippen MR) is 85.5 cm³/mol. The number of carbonyl (C=O) groups is 2. The Bertz CT molecular complexity index is 645. The van der Waals surface area contributed by atoms with Gasteiger partial charge in [-0.15, -0.1) is 11.8 Å². The summed E-state index contributed by atoms with van der Waals surface area (Å²) in [6, 6.07) is 2.45. The van der Waals surface area contributed by atoms with Crippen LogP contribution in [0.3, 0.4) is 0 Å². The second kappa shape index (κ2) is 6.29. The van der Waals surface area contributed by atoms with Crippen molar-refractivity contribution in [3.8, 4) is 11.5 Å². The molecule has 1 unspecified atom stereocenters. The quantitative estimate of drug-likeness (QED) is 0.746. The fourth-order valence-electron chi connectivity index (χ4n) is 2.66. The number of aromatic carboxylic acids is 1. The summed E-state index contributed by atoms with van der Waals surface area (Å²) in [5.74, 6) is -1.70. The first-order chi connectivity index (χ1) is 10.7. The Morgan fingerprint density at radius 2 is 1.87 bits per heavy atom. The van der Waals surface area contributed by atoms with Crippen LogP contribution in [-0.2, 0) is 4.79 Å². The minimum Gasteiger partial charge on any atom is -0.493 e.